The molecule has 1 N–H and O–H groups in total. The first-order valence-corrected chi connectivity index (χ1v) is 7.94. The summed E-state index contributed by atoms with van der Waals surface area (Å²) in [5.74, 6) is 0.506. The molecule has 0 radical (unpaired) electrons. The number of nitrogens with zero attached hydrogens (tertiary/aromatic N) is 1. The second-order valence-electron chi connectivity index (χ2n) is 4.31. The first kappa shape index (κ1) is 16.4. The summed E-state index contributed by atoms with van der Waals surface area (Å²) in [5.41, 5.74) is 0.795. The van der Waals surface area contributed by atoms with E-state index in [1.165, 1.54) is 11.8 Å². The van der Waals surface area contributed by atoms with Gasteiger partial charge in [0.2, 0.25) is 5.88 Å². The predicted molar refractivity (Wildman–Crippen MR) is 83.3 cm³/mol. The molecule has 6 nitrogen and oxygen atoms in total. The van der Waals surface area contributed by atoms with Crippen molar-refractivity contribution in [1.29, 1.82) is 0 Å². The van der Waals surface area contributed by atoms with Crippen LogP contribution >= 0.6 is 11.8 Å². The maximum Gasteiger partial charge on any atom is 0.287 e. The van der Waals surface area contributed by atoms with Crippen LogP contribution in [0.4, 0.5) is 0 Å². The van der Waals surface area contributed by atoms with E-state index in [4.69, 9.17) is 13.9 Å². The number of methoxy groups -OCH3 is 1. The largest absolute Gasteiger partial charge is 0.475 e. The molecule has 0 saturated heterocycles. The van der Waals surface area contributed by atoms with Crippen molar-refractivity contribution < 1.29 is 18.7 Å². The molecule has 0 aliphatic heterocycles. The van der Waals surface area contributed by atoms with Crippen LogP contribution in [0.5, 0.6) is 5.88 Å². The minimum absolute atomic E-state index is 0.271. The monoisotopic (exact) mass is 322 g/mol. The molecule has 2 rings (SSSR count). The van der Waals surface area contributed by atoms with Gasteiger partial charge in [0, 0.05) is 25.4 Å². The average Bonchev–Trinajstić information content (AvgIpc) is 3.03. The number of aromatic nitrogens is 1. The minimum Gasteiger partial charge on any atom is -0.475 e. The lowest BCUT2D eigenvalue weighted by molar-refractivity contribution is 0.0917. The molecule has 0 bridgehead atoms. The fourth-order valence-corrected chi connectivity index (χ4v) is 2.10. The smallest absolute Gasteiger partial charge is 0.287 e. The summed E-state index contributed by atoms with van der Waals surface area (Å²) < 4.78 is 15.8. The van der Waals surface area contributed by atoms with E-state index in [0.29, 0.717) is 30.7 Å². The molecule has 0 saturated carbocycles. The molecule has 2 aromatic heterocycles. The minimum atomic E-state index is -0.271. The molecule has 0 unspecified atom stereocenters. The van der Waals surface area contributed by atoms with Crippen LogP contribution in [0.2, 0.25) is 0 Å². The lowest BCUT2D eigenvalue weighted by Crippen LogP contribution is -2.23. The van der Waals surface area contributed by atoms with Gasteiger partial charge in [0.25, 0.3) is 5.91 Å². The van der Waals surface area contributed by atoms with Gasteiger partial charge in [0.1, 0.15) is 6.61 Å². The van der Waals surface area contributed by atoms with Crippen LogP contribution < -0.4 is 10.1 Å². The van der Waals surface area contributed by atoms with E-state index < -0.39 is 0 Å². The number of carbonyl (C=O) groups is 1. The number of ether oxygens (including phenoxy) is 2. The van der Waals surface area contributed by atoms with Crippen LogP contribution in [0.3, 0.4) is 0 Å². The number of amides is 1. The van der Waals surface area contributed by atoms with Crippen LogP contribution in [-0.4, -0.2) is 37.5 Å². The third-order valence-corrected chi connectivity index (χ3v) is 3.44. The van der Waals surface area contributed by atoms with Crippen LogP contribution in [0.25, 0.3) is 0 Å². The highest BCUT2D eigenvalue weighted by Crippen LogP contribution is 2.18. The summed E-state index contributed by atoms with van der Waals surface area (Å²) in [4.78, 5) is 16.2. The van der Waals surface area contributed by atoms with E-state index in [2.05, 4.69) is 10.3 Å². The second kappa shape index (κ2) is 8.45. The average molecular weight is 322 g/mol. The predicted octanol–water partition coefficient (Wildman–Crippen LogP) is 2.35. The first-order chi connectivity index (χ1) is 10.7. The third kappa shape index (κ3) is 4.51. The topological polar surface area (TPSA) is 73.6 Å². The van der Waals surface area contributed by atoms with Gasteiger partial charge in [-0.3, -0.25) is 4.79 Å². The molecule has 0 aliphatic rings. The molecule has 0 spiro atoms. The Bertz CT molecular complexity index is 615. The summed E-state index contributed by atoms with van der Waals surface area (Å²) in [6.07, 6.45) is 3.53. The summed E-state index contributed by atoms with van der Waals surface area (Å²) in [6.45, 7) is 1.19. The van der Waals surface area contributed by atoms with Gasteiger partial charge >= 0.3 is 0 Å². The van der Waals surface area contributed by atoms with Crippen molar-refractivity contribution in [2.24, 2.45) is 0 Å². The summed E-state index contributed by atoms with van der Waals surface area (Å²) in [6, 6.07) is 7.07. The number of pyridine rings is 1. The highest BCUT2D eigenvalue weighted by atomic mass is 32.2. The van der Waals surface area contributed by atoms with Gasteiger partial charge < -0.3 is 19.2 Å². The van der Waals surface area contributed by atoms with Crippen molar-refractivity contribution in [3.8, 4) is 5.88 Å². The molecule has 2 aromatic rings. The van der Waals surface area contributed by atoms with Gasteiger partial charge in [0.05, 0.1) is 6.61 Å². The molecule has 2 heterocycles. The Morgan fingerprint density at radius 1 is 1.36 bits per heavy atom. The van der Waals surface area contributed by atoms with E-state index in [1.807, 2.05) is 12.3 Å². The van der Waals surface area contributed by atoms with Gasteiger partial charge in [-0.05, 0) is 24.5 Å². The van der Waals surface area contributed by atoms with E-state index in [0.717, 1.165) is 5.56 Å². The first-order valence-electron chi connectivity index (χ1n) is 6.72. The van der Waals surface area contributed by atoms with Gasteiger partial charge in [-0.1, -0.05) is 17.8 Å². The molecule has 7 heteroatoms. The highest BCUT2D eigenvalue weighted by Gasteiger charge is 2.12. The molecule has 118 valence electrons. The Morgan fingerprint density at radius 3 is 2.95 bits per heavy atom. The zero-order valence-electron chi connectivity index (χ0n) is 12.5. The molecule has 0 fully saturated rings. The Kier molecular flexibility index (Phi) is 6.29. The maximum atomic E-state index is 12.0. The molecule has 0 aromatic carbocycles. The van der Waals surface area contributed by atoms with Gasteiger partial charge in [-0.2, -0.15) is 0 Å². The number of thioether (sulfide) groups is 1. The lowest BCUT2D eigenvalue weighted by Gasteiger charge is -2.10. The molecule has 1 amide bonds. The quantitative estimate of drug-likeness (QED) is 0.594. The molecular formula is C15H18N2O4S. The highest BCUT2D eigenvalue weighted by molar-refractivity contribution is 7.98. The van der Waals surface area contributed by atoms with Crippen LogP contribution in [0.1, 0.15) is 16.1 Å². The molecule has 0 atom stereocenters. The van der Waals surface area contributed by atoms with Crippen molar-refractivity contribution in [3.05, 3.63) is 41.8 Å². The van der Waals surface area contributed by atoms with Crippen molar-refractivity contribution in [2.45, 2.75) is 11.6 Å². The summed E-state index contributed by atoms with van der Waals surface area (Å²) in [5, 5.41) is 3.49. The van der Waals surface area contributed by atoms with Crippen molar-refractivity contribution in [2.75, 3.05) is 26.6 Å². The fourth-order valence-electron chi connectivity index (χ4n) is 1.72. The van der Waals surface area contributed by atoms with Crippen LogP contribution in [0.15, 0.2) is 40.0 Å². The van der Waals surface area contributed by atoms with Crippen LogP contribution in [0, 0.1) is 0 Å². The zero-order chi connectivity index (χ0) is 15.8. The number of nitrogens with one attached hydrogen (secondary N) is 1. The summed E-state index contributed by atoms with van der Waals surface area (Å²) >= 11 is 1.45. The molecule has 22 heavy (non-hydrogen) atoms. The van der Waals surface area contributed by atoms with E-state index in [1.54, 1.807) is 31.5 Å². The third-order valence-electron chi connectivity index (χ3n) is 2.82. The molecular weight excluding hydrogens is 304 g/mol. The summed E-state index contributed by atoms with van der Waals surface area (Å²) in [7, 11) is 1.61. The van der Waals surface area contributed by atoms with Gasteiger partial charge in [-0.25, -0.2) is 4.98 Å². The zero-order valence-corrected chi connectivity index (χ0v) is 13.3. The van der Waals surface area contributed by atoms with Gasteiger partial charge in [0.15, 0.2) is 10.9 Å². The van der Waals surface area contributed by atoms with Crippen molar-refractivity contribution in [1.82, 2.24) is 10.3 Å². The van der Waals surface area contributed by atoms with E-state index >= 15 is 0 Å². The van der Waals surface area contributed by atoms with E-state index in [-0.39, 0.29) is 11.7 Å². The number of hydrogen-bond donors (Lipinski definition) is 1. The maximum absolute atomic E-state index is 12.0. The standard InChI is InChI=1S/C15H18N2O4S/c1-19-8-9-20-15-11(4-3-7-16-15)10-17-14(18)12-5-6-13(21-12)22-2/h3-7H,8-10H2,1-2H3,(H,17,18). The Morgan fingerprint density at radius 2 is 2.23 bits per heavy atom. The molecule has 0 aliphatic carbocycles. The lowest BCUT2D eigenvalue weighted by atomic mass is 10.2. The van der Waals surface area contributed by atoms with Crippen LogP contribution in [-0.2, 0) is 11.3 Å². The van der Waals surface area contributed by atoms with E-state index in [9.17, 15) is 4.79 Å². The fraction of sp³-hybridized carbons (Fsp3) is 0.333. The SMILES string of the molecule is COCCOc1ncccc1CNC(=O)c1ccc(SC)o1. The number of carbonyl (C=O) groups excluding carboxylic acids is 1. The normalized spacial score (nSPS) is 10.5. The number of furan rings is 1. The Labute approximate surface area is 133 Å². The van der Waals surface area contributed by atoms with Crippen molar-refractivity contribution in [3.63, 3.8) is 0 Å². The second-order valence-corrected chi connectivity index (χ2v) is 5.13. The number of hydrogen-bond acceptors (Lipinski definition) is 6. The van der Waals surface area contributed by atoms with Gasteiger partial charge in [-0.15, -0.1) is 0 Å². The Hall–Kier alpha value is -1.99. The number of rotatable bonds is 8. The Balaban J connectivity index is 1.94. The van der Waals surface area contributed by atoms with Crippen molar-refractivity contribution >= 4 is 17.7 Å².